The Kier molecular flexibility index (Phi) is 4.33. The monoisotopic (exact) mass is 447 g/mol. The second-order valence-electron chi connectivity index (χ2n) is 7.65. The maximum absolute atomic E-state index is 13.5. The van der Waals surface area contributed by atoms with Crippen LogP contribution in [0.4, 0.5) is 11.6 Å². The van der Waals surface area contributed by atoms with Gasteiger partial charge in [-0.15, -0.1) is 16.4 Å². The number of nitrogens with one attached hydrogen (secondary N) is 1. The van der Waals surface area contributed by atoms with Crippen molar-refractivity contribution in [1.29, 1.82) is 0 Å². The Hall–Kier alpha value is -3.16. The molecule has 0 aliphatic heterocycles. The second-order valence-corrected chi connectivity index (χ2v) is 9.17. The lowest BCUT2D eigenvalue weighted by Gasteiger charge is -2.10. The highest BCUT2D eigenvalue weighted by atomic mass is 35.5. The highest BCUT2D eigenvalue weighted by Crippen LogP contribution is 2.34. The summed E-state index contributed by atoms with van der Waals surface area (Å²) in [6.45, 7) is 0. The van der Waals surface area contributed by atoms with E-state index in [-0.39, 0.29) is 5.56 Å². The number of para-hydroxylation sites is 1. The van der Waals surface area contributed by atoms with Gasteiger partial charge in [0, 0.05) is 15.6 Å². The van der Waals surface area contributed by atoms with E-state index in [0.29, 0.717) is 16.7 Å². The van der Waals surface area contributed by atoms with Crippen LogP contribution in [0, 0.1) is 0 Å². The number of hydrogen-bond donors (Lipinski definition) is 1. The molecule has 0 atom stereocenters. The number of fused-ring (bicyclic) bond motifs is 4. The molecule has 0 unspecified atom stereocenters. The van der Waals surface area contributed by atoms with Gasteiger partial charge in [-0.05, 0) is 67.6 Å². The predicted molar refractivity (Wildman–Crippen MR) is 125 cm³/mol. The maximum atomic E-state index is 13.5. The van der Waals surface area contributed by atoms with E-state index in [1.54, 1.807) is 11.3 Å². The molecule has 1 N–H and O–H groups in total. The van der Waals surface area contributed by atoms with Crippen LogP contribution in [0.25, 0.3) is 21.7 Å². The molecule has 0 radical (unpaired) electrons. The lowest BCUT2D eigenvalue weighted by Crippen LogP contribution is -2.17. The van der Waals surface area contributed by atoms with E-state index in [9.17, 15) is 4.79 Å². The molecule has 0 saturated carbocycles. The first-order chi connectivity index (χ1) is 15.2. The number of thiophene rings is 1. The molecule has 6 rings (SSSR count). The van der Waals surface area contributed by atoms with Gasteiger partial charge in [0.15, 0.2) is 0 Å². The fourth-order valence-corrected chi connectivity index (χ4v) is 5.59. The van der Waals surface area contributed by atoms with Crippen molar-refractivity contribution in [3.8, 4) is 5.69 Å². The minimum atomic E-state index is -0.108. The molecule has 31 heavy (non-hydrogen) atoms. The molecule has 0 saturated heterocycles. The van der Waals surface area contributed by atoms with Crippen LogP contribution in [-0.2, 0) is 12.8 Å². The van der Waals surface area contributed by atoms with Crippen LogP contribution in [0.5, 0.6) is 0 Å². The molecule has 2 aromatic carbocycles. The first-order valence-electron chi connectivity index (χ1n) is 10.2. The summed E-state index contributed by atoms with van der Waals surface area (Å²) in [7, 11) is 0. The normalized spacial score (nSPS) is 13.6. The van der Waals surface area contributed by atoms with E-state index in [0.717, 1.165) is 46.4 Å². The van der Waals surface area contributed by atoms with E-state index < -0.39 is 0 Å². The number of aromatic nitrogens is 4. The van der Waals surface area contributed by atoms with Gasteiger partial charge in [0.25, 0.3) is 5.56 Å². The summed E-state index contributed by atoms with van der Waals surface area (Å²) >= 11 is 7.75. The minimum Gasteiger partial charge on any atom is -0.324 e. The number of halogens is 1. The Bertz CT molecular complexity index is 1480. The molecule has 3 heterocycles. The van der Waals surface area contributed by atoms with Crippen molar-refractivity contribution in [3.63, 3.8) is 0 Å². The number of anilines is 2. The molecule has 0 amide bonds. The number of benzene rings is 2. The minimum absolute atomic E-state index is 0.108. The van der Waals surface area contributed by atoms with Gasteiger partial charge in [0.2, 0.25) is 11.7 Å². The van der Waals surface area contributed by atoms with Crippen molar-refractivity contribution in [2.45, 2.75) is 25.7 Å². The van der Waals surface area contributed by atoms with Crippen molar-refractivity contribution in [3.05, 3.63) is 80.4 Å². The highest BCUT2D eigenvalue weighted by molar-refractivity contribution is 7.18. The zero-order valence-electron chi connectivity index (χ0n) is 16.5. The summed E-state index contributed by atoms with van der Waals surface area (Å²) in [4.78, 5) is 20.5. The van der Waals surface area contributed by atoms with E-state index in [4.69, 9.17) is 16.6 Å². The molecule has 0 bridgehead atoms. The summed E-state index contributed by atoms with van der Waals surface area (Å²) in [5, 5.41) is 9.35. The van der Waals surface area contributed by atoms with Crippen molar-refractivity contribution < 1.29 is 0 Å². The van der Waals surface area contributed by atoms with Gasteiger partial charge in [-0.2, -0.15) is 4.52 Å². The summed E-state index contributed by atoms with van der Waals surface area (Å²) in [6.07, 6.45) is 4.24. The van der Waals surface area contributed by atoms with Crippen LogP contribution in [0.15, 0.2) is 59.4 Å². The van der Waals surface area contributed by atoms with Gasteiger partial charge in [-0.3, -0.25) is 4.79 Å². The number of rotatable bonds is 3. The standard InChI is InChI=1S/C23H18ClN5OS/c24-14-10-12-16(13-11-14)28-22(25-15-6-2-1-3-7-15)27-29-21(30)19-17-8-4-5-9-18(17)31-20(19)26-23(28)29/h1-3,6-7,10-13H,4-5,8-9H2,(H,25,27). The number of aryl methyl sites for hydroxylation is 2. The summed E-state index contributed by atoms with van der Waals surface area (Å²) in [5.41, 5.74) is 2.76. The quantitative estimate of drug-likeness (QED) is 0.403. The van der Waals surface area contributed by atoms with Crippen LogP contribution in [0.2, 0.25) is 5.02 Å². The Morgan fingerprint density at radius 2 is 1.77 bits per heavy atom. The molecule has 5 aromatic rings. The average Bonchev–Trinajstić information content (AvgIpc) is 3.34. The van der Waals surface area contributed by atoms with Crippen molar-refractivity contribution in [2.75, 3.05) is 5.32 Å². The highest BCUT2D eigenvalue weighted by Gasteiger charge is 2.24. The first kappa shape index (κ1) is 18.6. The number of nitrogens with zero attached hydrogens (tertiary/aromatic N) is 4. The van der Waals surface area contributed by atoms with E-state index in [1.165, 1.54) is 15.8 Å². The Balaban J connectivity index is 1.64. The second kappa shape index (κ2) is 7.21. The third-order valence-corrected chi connectivity index (χ3v) is 7.11. The molecule has 8 heteroatoms. The molecule has 154 valence electrons. The van der Waals surface area contributed by atoms with Crippen LogP contribution in [0.1, 0.15) is 23.3 Å². The molecular weight excluding hydrogens is 430 g/mol. The van der Waals surface area contributed by atoms with Crippen molar-refractivity contribution in [1.82, 2.24) is 19.2 Å². The third kappa shape index (κ3) is 3.04. The van der Waals surface area contributed by atoms with E-state index in [1.807, 2.05) is 59.2 Å². The lowest BCUT2D eigenvalue weighted by atomic mass is 9.97. The summed E-state index contributed by atoms with van der Waals surface area (Å²) in [6, 6.07) is 17.2. The smallest absolute Gasteiger partial charge is 0.284 e. The molecule has 0 spiro atoms. The van der Waals surface area contributed by atoms with Crippen LogP contribution in [-0.4, -0.2) is 19.2 Å². The SMILES string of the molecule is O=c1c2c3c(sc2nc2n(-c4ccc(Cl)cc4)c(Nc4ccccc4)nn12)CCCC3. The molecular formula is C23H18ClN5OS. The average molecular weight is 448 g/mol. The van der Waals surface area contributed by atoms with Crippen molar-refractivity contribution in [2.24, 2.45) is 0 Å². The van der Waals surface area contributed by atoms with Gasteiger partial charge >= 0.3 is 0 Å². The van der Waals surface area contributed by atoms with Crippen LogP contribution >= 0.6 is 22.9 Å². The van der Waals surface area contributed by atoms with Gasteiger partial charge in [0.05, 0.1) is 11.1 Å². The Morgan fingerprint density at radius 1 is 1.00 bits per heavy atom. The van der Waals surface area contributed by atoms with Gasteiger partial charge in [-0.25, -0.2) is 9.55 Å². The Morgan fingerprint density at radius 3 is 2.58 bits per heavy atom. The largest absolute Gasteiger partial charge is 0.324 e. The molecule has 6 nitrogen and oxygen atoms in total. The van der Waals surface area contributed by atoms with E-state index in [2.05, 4.69) is 10.4 Å². The number of hydrogen-bond acceptors (Lipinski definition) is 5. The first-order valence-corrected chi connectivity index (χ1v) is 11.4. The van der Waals surface area contributed by atoms with Gasteiger partial charge in [-0.1, -0.05) is 29.8 Å². The lowest BCUT2D eigenvalue weighted by molar-refractivity contribution is 0.699. The summed E-state index contributed by atoms with van der Waals surface area (Å²) in [5.74, 6) is 1.00. The Labute approximate surface area is 186 Å². The maximum Gasteiger partial charge on any atom is 0.284 e. The summed E-state index contributed by atoms with van der Waals surface area (Å²) < 4.78 is 3.28. The zero-order chi connectivity index (χ0) is 20.9. The van der Waals surface area contributed by atoms with Gasteiger partial charge in [0.1, 0.15) is 4.83 Å². The molecule has 3 aromatic heterocycles. The van der Waals surface area contributed by atoms with Gasteiger partial charge < -0.3 is 5.32 Å². The fraction of sp³-hybridized carbons (Fsp3) is 0.174. The third-order valence-electron chi connectivity index (χ3n) is 5.67. The van der Waals surface area contributed by atoms with Crippen LogP contribution < -0.4 is 10.9 Å². The topological polar surface area (TPSA) is 64.2 Å². The molecule has 1 aliphatic rings. The molecule has 1 aliphatic carbocycles. The predicted octanol–water partition coefficient (Wildman–Crippen LogP) is 5.37. The van der Waals surface area contributed by atoms with Crippen molar-refractivity contribution >= 4 is 50.6 Å². The fourth-order valence-electron chi connectivity index (χ4n) is 4.21. The zero-order valence-corrected chi connectivity index (χ0v) is 18.1. The van der Waals surface area contributed by atoms with E-state index >= 15 is 0 Å². The van der Waals surface area contributed by atoms with Crippen LogP contribution in [0.3, 0.4) is 0 Å². The molecule has 0 fully saturated rings.